The summed E-state index contributed by atoms with van der Waals surface area (Å²) in [5, 5.41) is 3.90. The first-order valence-electron chi connectivity index (χ1n) is 7.29. The molecule has 0 saturated heterocycles. The molecule has 1 atom stereocenters. The van der Waals surface area contributed by atoms with Crippen molar-refractivity contribution in [1.29, 1.82) is 0 Å². The molecule has 0 radical (unpaired) electrons. The van der Waals surface area contributed by atoms with Crippen molar-refractivity contribution in [1.82, 2.24) is 5.32 Å². The van der Waals surface area contributed by atoms with Crippen LogP contribution in [0.2, 0.25) is 0 Å². The van der Waals surface area contributed by atoms with Crippen molar-refractivity contribution in [3.63, 3.8) is 0 Å². The lowest BCUT2D eigenvalue weighted by Crippen LogP contribution is -2.55. The average molecular weight is 244 g/mol. The Kier molecular flexibility index (Phi) is 3.16. The number of benzene rings is 1. The van der Waals surface area contributed by atoms with Gasteiger partial charge in [0.2, 0.25) is 0 Å². The van der Waals surface area contributed by atoms with Gasteiger partial charge in [-0.2, -0.15) is 0 Å². The minimum atomic E-state index is 0.218. The molecule has 1 unspecified atom stereocenters. The first-order chi connectivity index (χ1) is 8.76. The zero-order valence-electron chi connectivity index (χ0n) is 11.2. The Morgan fingerprint density at radius 1 is 1.17 bits per heavy atom. The van der Waals surface area contributed by atoms with Gasteiger partial charge in [-0.1, -0.05) is 30.3 Å². The molecule has 0 aromatic heterocycles. The summed E-state index contributed by atoms with van der Waals surface area (Å²) in [4.78, 5) is 0. The summed E-state index contributed by atoms with van der Waals surface area (Å²) in [6.07, 6.45) is 5.45. The van der Waals surface area contributed by atoms with Crippen LogP contribution in [-0.2, 0) is 0 Å². The van der Waals surface area contributed by atoms with Crippen molar-refractivity contribution in [2.75, 3.05) is 6.54 Å². The van der Waals surface area contributed by atoms with E-state index in [4.69, 9.17) is 5.73 Å². The molecule has 0 aliphatic heterocycles. The van der Waals surface area contributed by atoms with E-state index in [0.29, 0.717) is 6.04 Å². The van der Waals surface area contributed by atoms with Gasteiger partial charge in [0.05, 0.1) is 0 Å². The summed E-state index contributed by atoms with van der Waals surface area (Å²) in [5.74, 6) is 1.64. The van der Waals surface area contributed by atoms with Crippen LogP contribution in [0.1, 0.15) is 44.2 Å². The Morgan fingerprint density at radius 3 is 2.17 bits per heavy atom. The molecule has 2 aliphatic rings. The summed E-state index contributed by atoms with van der Waals surface area (Å²) >= 11 is 0. The first kappa shape index (κ1) is 12.2. The summed E-state index contributed by atoms with van der Waals surface area (Å²) in [5.41, 5.74) is 7.74. The van der Waals surface area contributed by atoms with Gasteiger partial charge in [0.25, 0.3) is 0 Å². The third-order valence-corrected chi connectivity index (χ3v) is 4.73. The molecule has 3 rings (SSSR count). The van der Waals surface area contributed by atoms with E-state index in [0.717, 1.165) is 18.4 Å². The van der Waals surface area contributed by atoms with E-state index in [1.165, 1.54) is 31.2 Å². The molecule has 1 aromatic rings. The van der Waals surface area contributed by atoms with Crippen molar-refractivity contribution in [3.8, 4) is 0 Å². The maximum Gasteiger partial charge on any atom is 0.0365 e. The van der Waals surface area contributed by atoms with Gasteiger partial charge in [-0.15, -0.1) is 0 Å². The number of hydrogen-bond donors (Lipinski definition) is 2. The fourth-order valence-electron chi connectivity index (χ4n) is 3.39. The highest BCUT2D eigenvalue weighted by molar-refractivity contribution is 5.20. The highest BCUT2D eigenvalue weighted by Gasteiger charge is 2.53. The predicted molar refractivity (Wildman–Crippen MR) is 75.2 cm³/mol. The van der Waals surface area contributed by atoms with E-state index in [1.807, 2.05) is 0 Å². The summed E-state index contributed by atoms with van der Waals surface area (Å²) in [7, 11) is 0. The van der Waals surface area contributed by atoms with Gasteiger partial charge < -0.3 is 11.1 Å². The molecular weight excluding hydrogens is 220 g/mol. The summed E-state index contributed by atoms with van der Waals surface area (Å²) in [6, 6.07) is 11.1. The minimum absolute atomic E-state index is 0.218. The van der Waals surface area contributed by atoms with Crippen LogP contribution in [0.5, 0.6) is 0 Å². The van der Waals surface area contributed by atoms with Crippen molar-refractivity contribution in [3.05, 3.63) is 35.9 Å². The third kappa shape index (κ3) is 2.19. The lowest BCUT2D eigenvalue weighted by molar-refractivity contribution is 0.226. The molecule has 2 saturated carbocycles. The van der Waals surface area contributed by atoms with Crippen molar-refractivity contribution in [2.24, 2.45) is 17.6 Å². The normalized spacial score (nSPS) is 21.9. The molecule has 0 amide bonds. The second kappa shape index (κ2) is 4.67. The van der Waals surface area contributed by atoms with E-state index in [1.54, 1.807) is 0 Å². The van der Waals surface area contributed by atoms with Crippen molar-refractivity contribution >= 4 is 0 Å². The van der Waals surface area contributed by atoms with Crippen LogP contribution in [0.3, 0.4) is 0 Å². The maximum atomic E-state index is 6.15. The van der Waals surface area contributed by atoms with Crippen LogP contribution in [0, 0.1) is 11.8 Å². The zero-order chi connectivity index (χ0) is 12.6. The Morgan fingerprint density at radius 2 is 1.72 bits per heavy atom. The third-order valence-electron chi connectivity index (χ3n) is 4.73. The van der Waals surface area contributed by atoms with Crippen LogP contribution >= 0.6 is 0 Å². The van der Waals surface area contributed by atoms with Crippen LogP contribution < -0.4 is 11.1 Å². The highest BCUT2D eigenvalue weighted by atomic mass is 15.1. The fourth-order valence-corrected chi connectivity index (χ4v) is 3.39. The van der Waals surface area contributed by atoms with E-state index in [9.17, 15) is 0 Å². The molecule has 2 nitrogen and oxygen atoms in total. The Bertz CT molecular complexity index is 381. The zero-order valence-corrected chi connectivity index (χ0v) is 11.2. The number of hydrogen-bond acceptors (Lipinski definition) is 2. The van der Waals surface area contributed by atoms with E-state index in [2.05, 4.69) is 42.6 Å². The average Bonchev–Trinajstić information content (AvgIpc) is 3.29. The van der Waals surface area contributed by atoms with Gasteiger partial charge in [0.1, 0.15) is 0 Å². The SMILES string of the molecule is CC(NC(CN)(C1CC1)C1CC1)c1ccccc1. The molecule has 1 aromatic carbocycles. The van der Waals surface area contributed by atoms with Crippen molar-refractivity contribution in [2.45, 2.75) is 44.2 Å². The van der Waals surface area contributed by atoms with Crippen LogP contribution in [0.15, 0.2) is 30.3 Å². The smallest absolute Gasteiger partial charge is 0.0365 e. The highest BCUT2D eigenvalue weighted by Crippen LogP contribution is 2.52. The van der Waals surface area contributed by atoms with Gasteiger partial charge in [0.15, 0.2) is 0 Å². The largest absolute Gasteiger partial charge is 0.329 e. The Labute approximate surface area is 110 Å². The fraction of sp³-hybridized carbons (Fsp3) is 0.625. The molecule has 0 spiro atoms. The lowest BCUT2D eigenvalue weighted by Gasteiger charge is -2.37. The number of rotatable bonds is 6. The molecule has 2 heteroatoms. The standard InChI is InChI=1S/C16H24N2/c1-12(13-5-3-2-4-6-13)18-16(11-17,14-7-8-14)15-9-10-15/h2-6,12,14-15,18H,7-11,17H2,1H3. The van der Waals surface area contributed by atoms with E-state index < -0.39 is 0 Å². The Balaban J connectivity index is 1.76. The molecule has 0 bridgehead atoms. The second-order valence-electron chi connectivity index (χ2n) is 6.07. The Hall–Kier alpha value is -0.860. The van der Waals surface area contributed by atoms with Gasteiger partial charge in [0, 0.05) is 18.1 Å². The van der Waals surface area contributed by atoms with E-state index >= 15 is 0 Å². The predicted octanol–water partition coefficient (Wildman–Crippen LogP) is 2.85. The monoisotopic (exact) mass is 244 g/mol. The molecular formula is C16H24N2. The van der Waals surface area contributed by atoms with E-state index in [-0.39, 0.29) is 5.54 Å². The molecule has 98 valence electrons. The first-order valence-corrected chi connectivity index (χ1v) is 7.29. The molecule has 2 aliphatic carbocycles. The molecule has 18 heavy (non-hydrogen) atoms. The van der Waals surface area contributed by atoms with Gasteiger partial charge >= 0.3 is 0 Å². The van der Waals surface area contributed by atoms with Gasteiger partial charge in [-0.3, -0.25) is 0 Å². The van der Waals surface area contributed by atoms with Crippen LogP contribution in [0.4, 0.5) is 0 Å². The minimum Gasteiger partial charge on any atom is -0.329 e. The van der Waals surface area contributed by atoms with Gasteiger partial charge in [-0.25, -0.2) is 0 Å². The number of nitrogens with one attached hydrogen (secondary N) is 1. The van der Waals surface area contributed by atoms with Crippen LogP contribution in [0.25, 0.3) is 0 Å². The maximum absolute atomic E-state index is 6.15. The number of nitrogens with two attached hydrogens (primary N) is 1. The van der Waals surface area contributed by atoms with Crippen LogP contribution in [-0.4, -0.2) is 12.1 Å². The molecule has 0 heterocycles. The quantitative estimate of drug-likeness (QED) is 0.807. The van der Waals surface area contributed by atoms with Crippen molar-refractivity contribution < 1.29 is 0 Å². The van der Waals surface area contributed by atoms with Gasteiger partial charge in [-0.05, 0) is 50.0 Å². The topological polar surface area (TPSA) is 38.0 Å². The summed E-state index contributed by atoms with van der Waals surface area (Å²) in [6.45, 7) is 3.06. The second-order valence-corrected chi connectivity index (χ2v) is 6.07. The molecule has 3 N–H and O–H groups in total. The summed E-state index contributed by atoms with van der Waals surface area (Å²) < 4.78 is 0. The molecule has 2 fully saturated rings. The lowest BCUT2D eigenvalue weighted by atomic mass is 9.86.